The summed E-state index contributed by atoms with van der Waals surface area (Å²) in [5.74, 6) is -2.95. The van der Waals surface area contributed by atoms with Gasteiger partial charge in [-0.2, -0.15) is 0 Å². The summed E-state index contributed by atoms with van der Waals surface area (Å²) in [6.45, 7) is 10.4. The van der Waals surface area contributed by atoms with E-state index in [9.17, 15) is 24.0 Å². The van der Waals surface area contributed by atoms with Crippen molar-refractivity contribution in [2.24, 2.45) is 16.7 Å². The first-order chi connectivity index (χ1) is 20.9. The smallest absolute Gasteiger partial charge is 0.328 e. The van der Waals surface area contributed by atoms with Crippen LogP contribution in [0.1, 0.15) is 70.3 Å². The van der Waals surface area contributed by atoms with E-state index in [-0.39, 0.29) is 40.4 Å². The van der Waals surface area contributed by atoms with Gasteiger partial charge in [0.1, 0.15) is 18.2 Å². The van der Waals surface area contributed by atoms with Crippen molar-refractivity contribution >= 4 is 58.5 Å². The van der Waals surface area contributed by atoms with Crippen LogP contribution in [-0.4, -0.2) is 55.0 Å². The maximum atomic E-state index is 13.6. The monoisotopic (exact) mass is 661 g/mol. The van der Waals surface area contributed by atoms with Gasteiger partial charge in [0, 0.05) is 18.0 Å². The summed E-state index contributed by atoms with van der Waals surface area (Å²) in [6.07, 6.45) is 0.949. The number of carbonyl (C=O) groups excluding carboxylic acids is 5. The summed E-state index contributed by atoms with van der Waals surface area (Å²) in [4.78, 5) is 64.5. The lowest BCUT2D eigenvalue weighted by molar-refractivity contribution is -0.156. The molecule has 1 saturated carbocycles. The quantitative estimate of drug-likeness (QED) is 0.292. The molecule has 0 unspecified atom stereocenters. The highest BCUT2D eigenvalue weighted by atomic mass is 35.5. The lowest BCUT2D eigenvalue weighted by Gasteiger charge is -2.40. The molecular weight excluding hydrogens is 621 g/mol. The molecule has 3 rings (SSSR count). The van der Waals surface area contributed by atoms with Crippen LogP contribution in [-0.2, 0) is 35.1 Å². The molecule has 2 aromatic rings. The third-order valence-electron chi connectivity index (χ3n) is 8.50. The first-order valence-electron chi connectivity index (χ1n) is 14.6. The maximum absolute atomic E-state index is 13.6. The van der Waals surface area contributed by atoms with Gasteiger partial charge in [-0.15, -0.1) is 0 Å². The molecular formula is C33H41Cl2N3O7. The third kappa shape index (κ3) is 8.55. The van der Waals surface area contributed by atoms with Crippen LogP contribution in [0.4, 0.5) is 5.69 Å². The molecule has 0 saturated heterocycles. The number of ether oxygens (including phenoxy) is 2. The highest BCUT2D eigenvalue weighted by Crippen LogP contribution is 2.56. The fraction of sp³-hybridized carbons (Fsp3) is 0.485. The van der Waals surface area contributed by atoms with Gasteiger partial charge in [-0.3, -0.25) is 19.2 Å². The molecule has 1 aliphatic carbocycles. The van der Waals surface area contributed by atoms with Crippen LogP contribution < -0.4 is 16.0 Å². The molecule has 1 fully saturated rings. The molecule has 0 radical (unpaired) electrons. The molecule has 0 aliphatic heterocycles. The van der Waals surface area contributed by atoms with Crippen LogP contribution >= 0.6 is 23.2 Å². The van der Waals surface area contributed by atoms with Gasteiger partial charge in [-0.1, -0.05) is 62.2 Å². The Balaban J connectivity index is 1.67. The van der Waals surface area contributed by atoms with Gasteiger partial charge in [0.05, 0.1) is 28.1 Å². The zero-order valence-corrected chi connectivity index (χ0v) is 28.2. The van der Waals surface area contributed by atoms with Crippen LogP contribution in [0.15, 0.2) is 42.5 Å². The number of benzene rings is 2. The Labute approximate surface area is 273 Å². The van der Waals surface area contributed by atoms with Crippen LogP contribution in [0, 0.1) is 16.7 Å². The Hall–Kier alpha value is -3.63. The first kappa shape index (κ1) is 35.8. The number of halogens is 2. The van der Waals surface area contributed by atoms with E-state index in [1.165, 1.54) is 7.11 Å². The average Bonchev–Trinajstić information content (AvgIpc) is 3.19. The lowest BCUT2D eigenvalue weighted by Crippen LogP contribution is -2.52. The standard InChI is InChI=1S/C33H41Cl2N3O7/c1-31(2,3)45-25(39)18-36-30(43)33(6)16-15-21(32(33,4)5)27(40)38-24(29(42)44-7)17-19-11-13-20(14-12-19)37-28(41)26-22(34)9-8-10-23(26)35/h8-14,21,24H,15-18H2,1-7H3,(H,36,43)(H,37,41)(H,38,40)/t21-,24+,33+/m1/s1. The number of anilines is 1. The van der Waals surface area contributed by atoms with E-state index in [0.29, 0.717) is 24.1 Å². The summed E-state index contributed by atoms with van der Waals surface area (Å²) in [5, 5.41) is 8.70. The van der Waals surface area contributed by atoms with Crippen LogP contribution in [0.2, 0.25) is 10.0 Å². The Morgan fingerprint density at radius 1 is 0.978 bits per heavy atom. The number of amides is 3. The van der Waals surface area contributed by atoms with Gasteiger partial charge in [0.25, 0.3) is 5.91 Å². The maximum Gasteiger partial charge on any atom is 0.328 e. The molecule has 45 heavy (non-hydrogen) atoms. The van der Waals surface area contributed by atoms with Crippen molar-refractivity contribution in [2.45, 2.75) is 72.4 Å². The SMILES string of the molecule is COC(=O)[C@H](Cc1ccc(NC(=O)c2c(Cl)cccc2Cl)cc1)NC(=O)[C@H]1CC[C@@](C)(C(=O)NCC(=O)OC(C)(C)C)C1(C)C. The minimum atomic E-state index is -0.992. The molecule has 3 amide bonds. The van der Waals surface area contributed by atoms with E-state index >= 15 is 0 Å². The van der Waals surface area contributed by atoms with Gasteiger partial charge in [-0.25, -0.2) is 4.79 Å². The molecule has 244 valence electrons. The van der Waals surface area contributed by atoms with Crippen molar-refractivity contribution in [1.82, 2.24) is 10.6 Å². The van der Waals surface area contributed by atoms with E-state index in [1.807, 2.05) is 13.8 Å². The number of methoxy groups -OCH3 is 1. The van der Waals surface area contributed by atoms with Crippen molar-refractivity contribution in [1.29, 1.82) is 0 Å². The lowest BCUT2D eigenvalue weighted by atomic mass is 9.65. The second kappa shape index (κ2) is 14.2. The predicted molar refractivity (Wildman–Crippen MR) is 172 cm³/mol. The van der Waals surface area contributed by atoms with Gasteiger partial charge in [0.2, 0.25) is 11.8 Å². The number of rotatable bonds is 10. The summed E-state index contributed by atoms with van der Waals surface area (Å²) in [7, 11) is 1.24. The largest absolute Gasteiger partial charge is 0.467 e. The van der Waals surface area contributed by atoms with Crippen molar-refractivity contribution in [3.8, 4) is 0 Å². The van der Waals surface area contributed by atoms with Crippen molar-refractivity contribution < 1.29 is 33.4 Å². The average molecular weight is 663 g/mol. The van der Waals surface area contributed by atoms with E-state index in [0.717, 1.165) is 0 Å². The number of hydrogen-bond donors (Lipinski definition) is 3. The number of carbonyl (C=O) groups is 5. The Bertz CT molecular complexity index is 1430. The Morgan fingerprint density at radius 2 is 1.58 bits per heavy atom. The number of esters is 2. The van der Waals surface area contributed by atoms with Crippen LogP contribution in [0.25, 0.3) is 0 Å². The summed E-state index contributed by atoms with van der Waals surface area (Å²) in [6, 6.07) is 10.6. The molecule has 0 aromatic heterocycles. The normalized spacial score (nSPS) is 19.6. The zero-order chi connectivity index (χ0) is 33.7. The molecule has 1 aliphatic rings. The van der Waals surface area contributed by atoms with E-state index in [1.54, 1.807) is 70.2 Å². The topological polar surface area (TPSA) is 140 Å². The van der Waals surface area contributed by atoms with Crippen LogP contribution in [0.3, 0.4) is 0 Å². The van der Waals surface area contributed by atoms with Crippen molar-refractivity contribution in [2.75, 3.05) is 19.0 Å². The van der Waals surface area contributed by atoms with Gasteiger partial charge >= 0.3 is 11.9 Å². The molecule has 10 nitrogen and oxygen atoms in total. The second-order valence-corrected chi connectivity index (χ2v) is 13.8. The summed E-state index contributed by atoms with van der Waals surface area (Å²) in [5.41, 5.74) is -1.09. The van der Waals surface area contributed by atoms with Gasteiger partial charge in [-0.05, 0) is 68.9 Å². The minimum absolute atomic E-state index is 0.129. The Kier molecular flexibility index (Phi) is 11.3. The molecule has 12 heteroatoms. The number of nitrogens with one attached hydrogen (secondary N) is 3. The van der Waals surface area contributed by atoms with E-state index < -0.39 is 46.2 Å². The highest BCUT2D eigenvalue weighted by molar-refractivity contribution is 6.40. The van der Waals surface area contributed by atoms with E-state index in [2.05, 4.69) is 16.0 Å². The fourth-order valence-corrected chi connectivity index (χ4v) is 6.14. The third-order valence-corrected chi connectivity index (χ3v) is 9.13. The molecule has 0 spiro atoms. The fourth-order valence-electron chi connectivity index (χ4n) is 5.57. The highest BCUT2D eigenvalue weighted by Gasteiger charge is 2.58. The van der Waals surface area contributed by atoms with Crippen molar-refractivity contribution in [3.05, 3.63) is 63.6 Å². The molecule has 3 N–H and O–H groups in total. The second-order valence-electron chi connectivity index (χ2n) is 13.0. The molecule has 2 aromatic carbocycles. The summed E-state index contributed by atoms with van der Waals surface area (Å²) < 4.78 is 10.3. The molecule has 0 heterocycles. The summed E-state index contributed by atoms with van der Waals surface area (Å²) >= 11 is 12.3. The van der Waals surface area contributed by atoms with E-state index in [4.69, 9.17) is 32.7 Å². The van der Waals surface area contributed by atoms with Gasteiger partial charge in [0.15, 0.2) is 0 Å². The van der Waals surface area contributed by atoms with Crippen LogP contribution in [0.5, 0.6) is 0 Å². The Morgan fingerprint density at radius 3 is 2.13 bits per heavy atom. The predicted octanol–water partition coefficient (Wildman–Crippen LogP) is 5.35. The number of hydrogen-bond acceptors (Lipinski definition) is 7. The van der Waals surface area contributed by atoms with Crippen molar-refractivity contribution in [3.63, 3.8) is 0 Å². The minimum Gasteiger partial charge on any atom is -0.467 e. The van der Waals surface area contributed by atoms with Gasteiger partial charge < -0.3 is 25.4 Å². The molecule has 3 atom stereocenters. The zero-order valence-electron chi connectivity index (χ0n) is 26.6. The first-order valence-corrected chi connectivity index (χ1v) is 15.4. The molecule has 0 bridgehead atoms.